The molecule has 2 heterocycles. The smallest absolute Gasteiger partial charge is 0.255 e. The monoisotopic (exact) mass is 530 g/mol. The predicted molar refractivity (Wildman–Crippen MR) is 166 cm³/mol. The van der Waals surface area contributed by atoms with Crippen molar-refractivity contribution in [1.29, 1.82) is 0 Å². The number of aryl methyl sites for hydroxylation is 1. The van der Waals surface area contributed by atoms with Gasteiger partial charge in [-0.1, -0.05) is 84.6 Å². The van der Waals surface area contributed by atoms with Gasteiger partial charge in [-0.25, -0.2) is 0 Å². The first-order valence-corrected chi connectivity index (χ1v) is 14.7. The summed E-state index contributed by atoms with van der Waals surface area (Å²) in [5, 5.41) is 19.9. The number of carbonyl (C=O) groups is 1. The van der Waals surface area contributed by atoms with Gasteiger partial charge in [0, 0.05) is 16.8 Å². The number of hydrogen-bond acceptors (Lipinski definition) is 4. The van der Waals surface area contributed by atoms with Gasteiger partial charge in [0.2, 0.25) is 0 Å². The molecular weight excluding hydrogens is 484 g/mol. The highest BCUT2D eigenvalue weighted by atomic mass is 16.3. The number of aromatic amines is 1. The van der Waals surface area contributed by atoms with E-state index < -0.39 is 0 Å². The fraction of sp³-hybridized carbons (Fsp3) is 0.424. The number of unbranched alkanes of at least 4 members (excludes halogenated alkanes) is 2. The maximum Gasteiger partial charge on any atom is 0.255 e. The Kier molecular flexibility index (Phi) is 11.5. The van der Waals surface area contributed by atoms with Gasteiger partial charge in [0.15, 0.2) is 0 Å². The van der Waals surface area contributed by atoms with E-state index in [1.54, 1.807) is 12.1 Å². The summed E-state index contributed by atoms with van der Waals surface area (Å²) >= 11 is 0. The molecule has 0 aliphatic carbocycles. The fourth-order valence-corrected chi connectivity index (χ4v) is 5.06. The average Bonchev–Trinajstić information content (AvgIpc) is 3.31. The second-order valence-electron chi connectivity index (χ2n) is 9.82. The SMILES string of the molecule is CC.CCCCCC(CCC)c1ccc(C(=O)Nc2c(CC)[nH]c3c2C=CC(Nc2ccccc2O)N3)cc1. The quantitative estimate of drug-likeness (QED) is 0.119. The second kappa shape index (κ2) is 15.1. The third kappa shape index (κ3) is 7.69. The summed E-state index contributed by atoms with van der Waals surface area (Å²) in [7, 11) is 0. The molecule has 2 aromatic carbocycles. The summed E-state index contributed by atoms with van der Waals surface area (Å²) in [4.78, 5) is 16.6. The Morgan fingerprint density at radius 2 is 1.72 bits per heavy atom. The Morgan fingerprint density at radius 3 is 2.38 bits per heavy atom. The normalized spacial score (nSPS) is 14.4. The second-order valence-corrected chi connectivity index (χ2v) is 9.82. The summed E-state index contributed by atoms with van der Waals surface area (Å²) in [6, 6.07) is 15.3. The molecule has 0 fully saturated rings. The molecule has 1 aliphatic rings. The van der Waals surface area contributed by atoms with Crippen molar-refractivity contribution in [2.24, 2.45) is 0 Å². The standard InChI is InChI=1S/C31H40N4O2.C2H6/c1-4-7-8-12-21(11-5-2)22-15-17-23(18-16-22)31(37)35-29-24-19-20-28(34-30(24)33-25(29)6-3)32-26-13-9-10-14-27(26)36;1-2/h9-10,13-21,28,32-34,36H,4-8,11-12H2,1-3H3,(H,35,37);1-2H3. The Morgan fingerprint density at radius 1 is 0.974 bits per heavy atom. The lowest BCUT2D eigenvalue weighted by Gasteiger charge is -2.23. The molecule has 3 aromatic rings. The molecule has 0 saturated carbocycles. The van der Waals surface area contributed by atoms with E-state index in [0.717, 1.165) is 29.2 Å². The van der Waals surface area contributed by atoms with Gasteiger partial charge in [-0.3, -0.25) is 4.79 Å². The van der Waals surface area contributed by atoms with Crippen LogP contribution in [0, 0.1) is 0 Å². The van der Waals surface area contributed by atoms with E-state index in [1.165, 1.54) is 44.1 Å². The average molecular weight is 531 g/mol. The molecule has 5 N–H and O–H groups in total. The molecule has 1 amide bonds. The van der Waals surface area contributed by atoms with Crippen LogP contribution in [-0.4, -0.2) is 22.2 Å². The van der Waals surface area contributed by atoms with Crippen LogP contribution in [0.4, 0.5) is 17.2 Å². The number of hydrogen-bond donors (Lipinski definition) is 5. The van der Waals surface area contributed by atoms with Crippen LogP contribution in [0.2, 0.25) is 0 Å². The molecule has 0 bridgehead atoms. The van der Waals surface area contributed by atoms with Crippen molar-refractivity contribution < 1.29 is 9.90 Å². The fourth-order valence-electron chi connectivity index (χ4n) is 5.06. The van der Waals surface area contributed by atoms with Crippen molar-refractivity contribution >= 4 is 29.2 Å². The number of rotatable bonds is 12. The van der Waals surface area contributed by atoms with Crippen LogP contribution < -0.4 is 16.0 Å². The third-order valence-electron chi connectivity index (χ3n) is 7.12. The highest BCUT2D eigenvalue weighted by Gasteiger charge is 2.23. The van der Waals surface area contributed by atoms with Crippen molar-refractivity contribution in [3.8, 4) is 5.75 Å². The van der Waals surface area contributed by atoms with Crippen molar-refractivity contribution in [3.05, 3.63) is 77.0 Å². The minimum absolute atomic E-state index is 0.107. The molecule has 6 nitrogen and oxygen atoms in total. The van der Waals surface area contributed by atoms with E-state index in [2.05, 4.69) is 53.8 Å². The molecular formula is C33H46N4O2. The summed E-state index contributed by atoms with van der Waals surface area (Å²) in [6.45, 7) is 10.5. The molecule has 1 aliphatic heterocycles. The Labute approximate surface area is 234 Å². The maximum absolute atomic E-state index is 13.2. The number of phenolic OH excluding ortho intramolecular Hbond substituents is 1. The van der Waals surface area contributed by atoms with Gasteiger partial charge in [0.25, 0.3) is 5.91 Å². The summed E-state index contributed by atoms with van der Waals surface area (Å²) in [5.74, 6) is 1.49. The highest BCUT2D eigenvalue weighted by Crippen LogP contribution is 2.35. The van der Waals surface area contributed by atoms with Crippen LogP contribution in [0.25, 0.3) is 6.08 Å². The summed E-state index contributed by atoms with van der Waals surface area (Å²) in [5.41, 5.74) is 5.35. The van der Waals surface area contributed by atoms with Crippen LogP contribution in [0.3, 0.4) is 0 Å². The number of carbonyl (C=O) groups excluding carboxylic acids is 1. The minimum atomic E-state index is -0.200. The topological polar surface area (TPSA) is 89.2 Å². The summed E-state index contributed by atoms with van der Waals surface area (Å²) in [6.07, 6.45) is 11.9. The zero-order valence-electron chi connectivity index (χ0n) is 24.2. The first-order chi connectivity index (χ1) is 19.0. The van der Waals surface area contributed by atoms with Gasteiger partial charge in [-0.15, -0.1) is 0 Å². The molecule has 210 valence electrons. The number of aromatic nitrogens is 1. The molecule has 4 rings (SSSR count). The maximum atomic E-state index is 13.2. The predicted octanol–water partition coefficient (Wildman–Crippen LogP) is 8.90. The highest BCUT2D eigenvalue weighted by molar-refractivity contribution is 6.06. The van der Waals surface area contributed by atoms with Crippen molar-refractivity contribution in [2.45, 2.75) is 91.6 Å². The van der Waals surface area contributed by atoms with Crippen molar-refractivity contribution in [2.75, 3.05) is 16.0 Å². The molecule has 6 heteroatoms. The number of amides is 1. The Hall–Kier alpha value is -3.67. The van der Waals surface area contributed by atoms with Gasteiger partial charge in [0.05, 0.1) is 11.4 Å². The molecule has 2 atom stereocenters. The van der Waals surface area contributed by atoms with Gasteiger partial charge in [-0.2, -0.15) is 0 Å². The molecule has 2 unspecified atom stereocenters. The van der Waals surface area contributed by atoms with Crippen molar-refractivity contribution in [3.63, 3.8) is 0 Å². The van der Waals surface area contributed by atoms with E-state index in [9.17, 15) is 9.90 Å². The number of aromatic hydroxyl groups is 1. The van der Waals surface area contributed by atoms with Crippen molar-refractivity contribution in [1.82, 2.24) is 4.98 Å². The lowest BCUT2D eigenvalue weighted by molar-refractivity contribution is 0.102. The van der Waals surface area contributed by atoms with E-state index in [0.29, 0.717) is 17.2 Å². The van der Waals surface area contributed by atoms with Crippen LogP contribution in [0.1, 0.15) is 106 Å². The van der Waals surface area contributed by atoms with Crippen LogP contribution in [-0.2, 0) is 6.42 Å². The third-order valence-corrected chi connectivity index (χ3v) is 7.12. The van der Waals surface area contributed by atoms with Gasteiger partial charge in [-0.05, 0) is 67.2 Å². The van der Waals surface area contributed by atoms with E-state index in [-0.39, 0.29) is 17.8 Å². The number of para-hydroxylation sites is 2. The number of fused-ring (bicyclic) bond motifs is 1. The minimum Gasteiger partial charge on any atom is -0.506 e. The summed E-state index contributed by atoms with van der Waals surface area (Å²) < 4.78 is 0. The zero-order chi connectivity index (χ0) is 28.2. The Balaban J connectivity index is 0.00000205. The number of nitrogens with one attached hydrogen (secondary N) is 4. The number of H-pyrrole nitrogens is 1. The van der Waals surface area contributed by atoms with E-state index in [4.69, 9.17) is 0 Å². The van der Waals surface area contributed by atoms with E-state index >= 15 is 0 Å². The van der Waals surface area contributed by atoms with E-state index in [1.807, 2.05) is 50.3 Å². The first-order valence-electron chi connectivity index (χ1n) is 14.7. The zero-order valence-corrected chi connectivity index (χ0v) is 24.2. The van der Waals surface area contributed by atoms with Gasteiger partial charge < -0.3 is 26.0 Å². The van der Waals surface area contributed by atoms with Gasteiger partial charge >= 0.3 is 0 Å². The lowest BCUT2D eigenvalue weighted by Crippen LogP contribution is -2.28. The number of phenols is 1. The largest absolute Gasteiger partial charge is 0.506 e. The molecule has 39 heavy (non-hydrogen) atoms. The molecule has 0 spiro atoms. The van der Waals surface area contributed by atoms with Crippen LogP contribution in [0.5, 0.6) is 5.75 Å². The molecule has 0 saturated heterocycles. The lowest BCUT2D eigenvalue weighted by atomic mass is 9.89. The number of benzene rings is 2. The Bertz CT molecular complexity index is 1210. The number of anilines is 3. The van der Waals surface area contributed by atoms with Gasteiger partial charge in [0.1, 0.15) is 17.7 Å². The van der Waals surface area contributed by atoms with Crippen LogP contribution in [0.15, 0.2) is 54.6 Å². The molecule has 1 aromatic heterocycles. The molecule has 0 radical (unpaired) electrons. The van der Waals surface area contributed by atoms with Crippen LogP contribution >= 0.6 is 0 Å². The first kappa shape index (κ1) is 29.9.